The van der Waals surface area contributed by atoms with Crippen molar-refractivity contribution in [2.75, 3.05) is 20.8 Å². The number of methoxy groups -OCH3 is 1. The average Bonchev–Trinajstić information content (AvgIpc) is 2.86. The molecule has 0 saturated heterocycles. The van der Waals surface area contributed by atoms with E-state index in [2.05, 4.69) is 0 Å². The Morgan fingerprint density at radius 1 is 1.65 bits per heavy atom. The largest absolute Gasteiger partial charge is 0.385 e. The highest BCUT2D eigenvalue weighted by Gasteiger charge is 2.23. The normalized spacial score (nSPS) is 14.4. The first-order valence-corrected chi connectivity index (χ1v) is 6.50. The molecule has 0 spiro atoms. The number of carbonyl (C=O) groups excluding carboxylic acids is 1. The molecule has 17 heavy (non-hydrogen) atoms. The van der Waals surface area contributed by atoms with Crippen LogP contribution < -0.4 is 5.73 Å². The Balaban J connectivity index is 2.57. The second-order valence-electron chi connectivity index (χ2n) is 4.03. The van der Waals surface area contributed by atoms with Gasteiger partial charge in [0.2, 0.25) is 5.91 Å². The Morgan fingerprint density at radius 3 is 2.88 bits per heavy atom. The second-order valence-corrected chi connectivity index (χ2v) is 5.01. The maximum absolute atomic E-state index is 12.0. The second kappa shape index (κ2) is 6.74. The molecule has 4 nitrogen and oxygen atoms in total. The molecule has 0 aromatic carbocycles. The van der Waals surface area contributed by atoms with E-state index in [1.54, 1.807) is 30.4 Å². The molecule has 2 unspecified atom stereocenters. The van der Waals surface area contributed by atoms with Crippen molar-refractivity contribution in [3.05, 3.63) is 22.4 Å². The van der Waals surface area contributed by atoms with Crippen molar-refractivity contribution in [1.82, 2.24) is 4.90 Å². The van der Waals surface area contributed by atoms with E-state index in [0.29, 0.717) is 13.0 Å². The minimum atomic E-state index is -0.484. The molecule has 0 saturated carbocycles. The van der Waals surface area contributed by atoms with Gasteiger partial charge in [-0.3, -0.25) is 4.79 Å². The van der Waals surface area contributed by atoms with Crippen LogP contribution in [0.5, 0.6) is 0 Å². The van der Waals surface area contributed by atoms with Crippen molar-refractivity contribution in [2.45, 2.75) is 25.4 Å². The quantitative estimate of drug-likeness (QED) is 0.841. The highest BCUT2D eigenvalue weighted by atomic mass is 32.1. The highest BCUT2D eigenvalue weighted by Crippen LogP contribution is 2.23. The van der Waals surface area contributed by atoms with Crippen LogP contribution in [0.2, 0.25) is 0 Å². The van der Waals surface area contributed by atoms with Gasteiger partial charge in [-0.25, -0.2) is 0 Å². The third-order valence-corrected chi connectivity index (χ3v) is 3.88. The third-order valence-electron chi connectivity index (χ3n) is 2.83. The van der Waals surface area contributed by atoms with Crippen LogP contribution >= 0.6 is 11.3 Å². The van der Waals surface area contributed by atoms with Crippen LogP contribution in [0.4, 0.5) is 0 Å². The topological polar surface area (TPSA) is 55.6 Å². The number of nitrogens with zero attached hydrogens (tertiary/aromatic N) is 1. The zero-order valence-corrected chi connectivity index (χ0v) is 11.4. The lowest BCUT2D eigenvalue weighted by atomic mass is 10.1. The average molecular weight is 256 g/mol. The predicted molar refractivity (Wildman–Crippen MR) is 70.0 cm³/mol. The Hall–Kier alpha value is -0.910. The minimum Gasteiger partial charge on any atom is -0.385 e. The first-order chi connectivity index (χ1) is 8.07. The molecule has 5 heteroatoms. The van der Waals surface area contributed by atoms with Crippen LogP contribution in [0.15, 0.2) is 17.5 Å². The number of thiophene rings is 1. The Kier molecular flexibility index (Phi) is 5.61. The van der Waals surface area contributed by atoms with E-state index >= 15 is 0 Å². The predicted octanol–water partition coefficient (Wildman–Crippen LogP) is 1.63. The molecule has 0 radical (unpaired) electrons. The third kappa shape index (κ3) is 3.80. The molecule has 1 amide bonds. The first kappa shape index (κ1) is 14.2. The first-order valence-electron chi connectivity index (χ1n) is 5.62. The van der Waals surface area contributed by atoms with Gasteiger partial charge in [-0.15, -0.1) is 11.3 Å². The molecule has 0 bridgehead atoms. The van der Waals surface area contributed by atoms with Crippen molar-refractivity contribution in [2.24, 2.45) is 5.73 Å². The van der Waals surface area contributed by atoms with E-state index < -0.39 is 6.04 Å². The molecule has 0 aliphatic carbocycles. The lowest BCUT2D eigenvalue weighted by Gasteiger charge is -2.26. The van der Waals surface area contributed by atoms with Gasteiger partial charge >= 0.3 is 0 Å². The van der Waals surface area contributed by atoms with Crippen molar-refractivity contribution < 1.29 is 9.53 Å². The molecule has 2 N–H and O–H groups in total. The van der Waals surface area contributed by atoms with Gasteiger partial charge in [-0.05, 0) is 24.8 Å². The summed E-state index contributed by atoms with van der Waals surface area (Å²) in [6, 6.07) is 3.60. The van der Waals surface area contributed by atoms with E-state index in [9.17, 15) is 4.79 Å². The smallest absolute Gasteiger partial charge is 0.239 e. The van der Waals surface area contributed by atoms with Gasteiger partial charge in [-0.2, -0.15) is 0 Å². The van der Waals surface area contributed by atoms with Crippen LogP contribution in [0.3, 0.4) is 0 Å². The van der Waals surface area contributed by atoms with Crippen LogP contribution in [-0.2, 0) is 9.53 Å². The van der Waals surface area contributed by atoms with Crippen molar-refractivity contribution in [3.63, 3.8) is 0 Å². The lowest BCUT2D eigenvalue weighted by Crippen LogP contribution is -2.43. The number of amides is 1. The molecule has 0 fully saturated rings. The molecule has 1 rings (SSSR count). The molecule has 96 valence electrons. The van der Waals surface area contributed by atoms with Gasteiger partial charge in [0.25, 0.3) is 0 Å². The SMILES string of the molecule is COCCC(N)C(=O)N(C)C(C)c1cccs1. The molecule has 0 aliphatic heterocycles. The number of ether oxygens (including phenoxy) is 1. The fraction of sp³-hybridized carbons (Fsp3) is 0.583. The van der Waals surface area contributed by atoms with Gasteiger partial charge in [0, 0.05) is 25.6 Å². The molecule has 1 aromatic heterocycles. The number of likely N-dealkylation sites (N-methyl/N-ethyl adjacent to an activating group) is 1. The van der Waals surface area contributed by atoms with Crippen LogP contribution in [0, 0.1) is 0 Å². The fourth-order valence-electron chi connectivity index (χ4n) is 1.54. The maximum Gasteiger partial charge on any atom is 0.239 e. The van der Waals surface area contributed by atoms with Crippen LogP contribution in [0.1, 0.15) is 24.3 Å². The van der Waals surface area contributed by atoms with Gasteiger partial charge in [-0.1, -0.05) is 6.07 Å². The maximum atomic E-state index is 12.0. The summed E-state index contributed by atoms with van der Waals surface area (Å²) in [6.45, 7) is 2.51. The van der Waals surface area contributed by atoms with Gasteiger partial charge in [0.1, 0.15) is 0 Å². The fourth-order valence-corrected chi connectivity index (χ4v) is 2.37. The van der Waals surface area contributed by atoms with Crippen LogP contribution in [-0.4, -0.2) is 37.6 Å². The Bertz CT molecular complexity index is 340. The Labute approximate surface area is 106 Å². The van der Waals surface area contributed by atoms with Gasteiger partial charge in [0.15, 0.2) is 0 Å². The molecular formula is C12H20N2O2S. The summed E-state index contributed by atoms with van der Waals surface area (Å²) in [5, 5.41) is 2.01. The number of nitrogens with two attached hydrogens (primary N) is 1. The van der Waals surface area contributed by atoms with E-state index in [4.69, 9.17) is 10.5 Å². The van der Waals surface area contributed by atoms with Gasteiger partial charge in [0.05, 0.1) is 12.1 Å². The summed E-state index contributed by atoms with van der Waals surface area (Å²) >= 11 is 1.65. The zero-order valence-electron chi connectivity index (χ0n) is 10.6. The summed E-state index contributed by atoms with van der Waals surface area (Å²) in [5.74, 6) is -0.0389. The van der Waals surface area contributed by atoms with Crippen molar-refractivity contribution in [1.29, 1.82) is 0 Å². The summed E-state index contributed by atoms with van der Waals surface area (Å²) < 4.78 is 4.93. The Morgan fingerprint density at radius 2 is 2.35 bits per heavy atom. The summed E-state index contributed by atoms with van der Waals surface area (Å²) in [6.07, 6.45) is 0.552. The summed E-state index contributed by atoms with van der Waals surface area (Å²) in [4.78, 5) is 14.9. The number of carbonyl (C=O) groups is 1. The molecule has 1 aromatic rings. The number of rotatable bonds is 6. The number of hydrogen-bond donors (Lipinski definition) is 1. The van der Waals surface area contributed by atoms with Gasteiger partial charge < -0.3 is 15.4 Å². The molecule has 0 aliphatic rings. The highest BCUT2D eigenvalue weighted by molar-refractivity contribution is 7.10. The van der Waals surface area contributed by atoms with E-state index in [0.717, 1.165) is 0 Å². The van der Waals surface area contributed by atoms with E-state index in [1.807, 2.05) is 24.4 Å². The summed E-state index contributed by atoms with van der Waals surface area (Å²) in [5.41, 5.74) is 5.83. The van der Waals surface area contributed by atoms with E-state index in [1.165, 1.54) is 4.88 Å². The van der Waals surface area contributed by atoms with Crippen LogP contribution in [0.25, 0.3) is 0 Å². The van der Waals surface area contributed by atoms with Crippen molar-refractivity contribution >= 4 is 17.2 Å². The lowest BCUT2D eigenvalue weighted by molar-refractivity contribution is -0.133. The minimum absolute atomic E-state index is 0.0389. The monoisotopic (exact) mass is 256 g/mol. The molecule has 1 heterocycles. The van der Waals surface area contributed by atoms with E-state index in [-0.39, 0.29) is 11.9 Å². The molecule has 2 atom stereocenters. The zero-order chi connectivity index (χ0) is 12.8. The van der Waals surface area contributed by atoms with Crippen molar-refractivity contribution in [3.8, 4) is 0 Å². The molecular weight excluding hydrogens is 236 g/mol. The number of hydrogen-bond acceptors (Lipinski definition) is 4. The standard InChI is InChI=1S/C12H20N2O2S/c1-9(11-5-4-8-17-11)14(2)12(15)10(13)6-7-16-3/h4-5,8-10H,6-7,13H2,1-3H3. The summed E-state index contributed by atoms with van der Waals surface area (Å²) in [7, 11) is 3.40.